The monoisotopic (exact) mass is 344 g/mol. The second-order valence-electron chi connectivity index (χ2n) is 5.99. The van der Waals surface area contributed by atoms with Gasteiger partial charge in [-0.05, 0) is 25.1 Å². The molecule has 0 saturated carbocycles. The Bertz CT molecular complexity index is 819. The van der Waals surface area contributed by atoms with Gasteiger partial charge in [0.1, 0.15) is 11.7 Å². The maximum atomic E-state index is 12.7. The Morgan fingerprint density at radius 2 is 1.80 bits per heavy atom. The fourth-order valence-corrected chi connectivity index (χ4v) is 2.87. The zero-order valence-electron chi connectivity index (χ0n) is 14.2. The third-order valence-corrected chi connectivity index (χ3v) is 4.36. The molecule has 0 aliphatic carbocycles. The predicted octanol–water partition coefficient (Wildman–Crippen LogP) is 0.755. The van der Waals surface area contributed by atoms with Gasteiger partial charge in [0, 0.05) is 39.2 Å². The van der Waals surface area contributed by atoms with Crippen molar-refractivity contribution < 1.29 is 14.0 Å². The smallest absolute Gasteiger partial charge is 0.267 e. The SMILES string of the molecule is CC(=O)N1CCN(C(=O)C(C)n2nc(-c3ccco3)ccc2=O)CC1. The minimum absolute atomic E-state index is 0.00387. The highest BCUT2D eigenvalue weighted by molar-refractivity contribution is 5.80. The molecule has 2 amide bonds. The van der Waals surface area contributed by atoms with E-state index in [1.807, 2.05) is 0 Å². The first-order valence-corrected chi connectivity index (χ1v) is 8.15. The van der Waals surface area contributed by atoms with Gasteiger partial charge in [0.15, 0.2) is 5.76 Å². The van der Waals surface area contributed by atoms with Crippen molar-refractivity contribution in [1.82, 2.24) is 19.6 Å². The fourth-order valence-electron chi connectivity index (χ4n) is 2.87. The highest BCUT2D eigenvalue weighted by Crippen LogP contribution is 2.17. The molecule has 0 spiro atoms. The van der Waals surface area contributed by atoms with E-state index in [4.69, 9.17) is 4.42 Å². The Hall–Kier alpha value is -2.90. The molecule has 0 bridgehead atoms. The lowest BCUT2D eigenvalue weighted by molar-refractivity contribution is -0.140. The molecule has 3 heterocycles. The van der Waals surface area contributed by atoms with Crippen LogP contribution in [-0.2, 0) is 9.59 Å². The molecule has 1 saturated heterocycles. The average molecular weight is 344 g/mol. The summed E-state index contributed by atoms with van der Waals surface area (Å²) in [6.45, 7) is 5.08. The van der Waals surface area contributed by atoms with Gasteiger partial charge in [-0.1, -0.05) is 0 Å². The lowest BCUT2D eigenvalue weighted by atomic mass is 10.2. The van der Waals surface area contributed by atoms with Gasteiger partial charge in [-0.2, -0.15) is 5.10 Å². The number of amides is 2. The van der Waals surface area contributed by atoms with Crippen LogP contribution in [0.5, 0.6) is 0 Å². The largest absolute Gasteiger partial charge is 0.463 e. The topological polar surface area (TPSA) is 88.7 Å². The molecule has 132 valence electrons. The highest BCUT2D eigenvalue weighted by Gasteiger charge is 2.27. The van der Waals surface area contributed by atoms with Crippen LogP contribution in [0, 0.1) is 0 Å². The lowest BCUT2D eigenvalue weighted by Crippen LogP contribution is -2.52. The van der Waals surface area contributed by atoms with E-state index in [-0.39, 0.29) is 17.4 Å². The van der Waals surface area contributed by atoms with Crippen LogP contribution >= 0.6 is 0 Å². The van der Waals surface area contributed by atoms with Crippen LogP contribution in [0.4, 0.5) is 0 Å². The van der Waals surface area contributed by atoms with Crippen LogP contribution in [-0.4, -0.2) is 57.6 Å². The van der Waals surface area contributed by atoms with Gasteiger partial charge in [-0.3, -0.25) is 14.4 Å². The Labute approximate surface area is 144 Å². The van der Waals surface area contributed by atoms with E-state index >= 15 is 0 Å². The van der Waals surface area contributed by atoms with E-state index in [0.717, 1.165) is 0 Å². The Kier molecular flexibility index (Phi) is 4.69. The maximum absolute atomic E-state index is 12.7. The Morgan fingerprint density at radius 3 is 2.40 bits per heavy atom. The summed E-state index contributed by atoms with van der Waals surface area (Å²) in [6, 6.07) is 5.69. The molecule has 1 unspecified atom stereocenters. The van der Waals surface area contributed by atoms with E-state index in [9.17, 15) is 14.4 Å². The highest BCUT2D eigenvalue weighted by atomic mass is 16.3. The number of hydrogen-bond donors (Lipinski definition) is 0. The predicted molar refractivity (Wildman–Crippen MR) is 89.7 cm³/mol. The molecule has 0 radical (unpaired) electrons. The van der Waals surface area contributed by atoms with E-state index < -0.39 is 6.04 Å². The van der Waals surface area contributed by atoms with Gasteiger partial charge in [-0.15, -0.1) is 0 Å². The molecule has 8 heteroatoms. The van der Waals surface area contributed by atoms with Crippen molar-refractivity contribution in [3.05, 3.63) is 40.9 Å². The summed E-state index contributed by atoms with van der Waals surface area (Å²) in [4.78, 5) is 39.6. The average Bonchev–Trinajstić information content (AvgIpc) is 3.15. The summed E-state index contributed by atoms with van der Waals surface area (Å²) in [5.41, 5.74) is 0.143. The molecule has 1 aliphatic rings. The summed E-state index contributed by atoms with van der Waals surface area (Å²) in [5, 5.41) is 4.27. The van der Waals surface area contributed by atoms with Gasteiger partial charge < -0.3 is 14.2 Å². The standard InChI is InChI=1S/C17H20N4O4/c1-12(17(24)20-9-7-19(8-10-20)13(2)22)21-16(23)6-5-14(18-21)15-4-3-11-25-15/h3-6,11-12H,7-10H2,1-2H3. The van der Waals surface area contributed by atoms with E-state index in [0.29, 0.717) is 37.6 Å². The van der Waals surface area contributed by atoms with E-state index in [2.05, 4.69) is 5.10 Å². The number of carbonyl (C=O) groups is 2. The summed E-state index contributed by atoms with van der Waals surface area (Å²) < 4.78 is 6.47. The molecule has 1 fully saturated rings. The molecule has 3 rings (SSSR count). The second kappa shape index (κ2) is 6.92. The van der Waals surface area contributed by atoms with Crippen LogP contribution in [0.3, 0.4) is 0 Å². The van der Waals surface area contributed by atoms with Gasteiger partial charge in [-0.25, -0.2) is 4.68 Å². The minimum atomic E-state index is -0.730. The molecular weight excluding hydrogens is 324 g/mol. The quantitative estimate of drug-likeness (QED) is 0.820. The van der Waals surface area contributed by atoms with Gasteiger partial charge in [0.05, 0.1) is 6.26 Å². The zero-order chi connectivity index (χ0) is 18.0. The first-order valence-electron chi connectivity index (χ1n) is 8.15. The third kappa shape index (κ3) is 3.47. The number of piperazine rings is 1. The van der Waals surface area contributed by atoms with Crippen molar-refractivity contribution in [3.8, 4) is 11.5 Å². The summed E-state index contributed by atoms with van der Waals surface area (Å²) in [5.74, 6) is 0.349. The molecule has 1 atom stereocenters. The van der Waals surface area contributed by atoms with Crippen molar-refractivity contribution in [3.63, 3.8) is 0 Å². The van der Waals surface area contributed by atoms with Crippen molar-refractivity contribution in [1.29, 1.82) is 0 Å². The normalized spacial score (nSPS) is 15.9. The first kappa shape index (κ1) is 16.9. The summed E-state index contributed by atoms with van der Waals surface area (Å²) >= 11 is 0. The Balaban J connectivity index is 1.77. The Morgan fingerprint density at radius 1 is 1.12 bits per heavy atom. The van der Waals surface area contributed by atoms with Crippen molar-refractivity contribution >= 4 is 11.8 Å². The number of hydrogen-bond acceptors (Lipinski definition) is 5. The number of carbonyl (C=O) groups excluding carboxylic acids is 2. The van der Waals surface area contributed by atoms with Crippen LogP contribution in [0.25, 0.3) is 11.5 Å². The molecule has 8 nitrogen and oxygen atoms in total. The molecule has 2 aromatic heterocycles. The van der Waals surface area contributed by atoms with Crippen LogP contribution in [0.15, 0.2) is 39.7 Å². The first-order chi connectivity index (χ1) is 12.0. The second-order valence-corrected chi connectivity index (χ2v) is 5.99. The third-order valence-electron chi connectivity index (χ3n) is 4.36. The van der Waals surface area contributed by atoms with Gasteiger partial charge in [0.25, 0.3) is 5.56 Å². The molecule has 0 aromatic carbocycles. The number of nitrogens with zero attached hydrogens (tertiary/aromatic N) is 4. The molecule has 1 aliphatic heterocycles. The van der Waals surface area contributed by atoms with Gasteiger partial charge in [0.2, 0.25) is 11.8 Å². The van der Waals surface area contributed by atoms with Gasteiger partial charge >= 0.3 is 0 Å². The van der Waals surface area contributed by atoms with E-state index in [1.165, 1.54) is 23.9 Å². The fraction of sp³-hybridized carbons (Fsp3) is 0.412. The molecule has 25 heavy (non-hydrogen) atoms. The van der Waals surface area contributed by atoms with Crippen LogP contribution in [0.2, 0.25) is 0 Å². The van der Waals surface area contributed by atoms with Crippen LogP contribution in [0.1, 0.15) is 19.9 Å². The molecule has 0 N–H and O–H groups in total. The summed E-state index contributed by atoms with van der Waals surface area (Å²) in [6.07, 6.45) is 1.52. The number of aromatic nitrogens is 2. The number of rotatable bonds is 3. The zero-order valence-corrected chi connectivity index (χ0v) is 14.2. The molecule has 2 aromatic rings. The van der Waals surface area contributed by atoms with Crippen molar-refractivity contribution in [2.75, 3.05) is 26.2 Å². The minimum Gasteiger partial charge on any atom is -0.463 e. The van der Waals surface area contributed by atoms with E-state index in [1.54, 1.807) is 34.9 Å². The molecular formula is C17H20N4O4. The number of furan rings is 1. The van der Waals surface area contributed by atoms with Crippen molar-refractivity contribution in [2.24, 2.45) is 0 Å². The lowest BCUT2D eigenvalue weighted by Gasteiger charge is -2.35. The van der Waals surface area contributed by atoms with Crippen LogP contribution < -0.4 is 5.56 Å². The van der Waals surface area contributed by atoms with Crippen molar-refractivity contribution in [2.45, 2.75) is 19.9 Å². The summed E-state index contributed by atoms with van der Waals surface area (Å²) in [7, 11) is 0. The maximum Gasteiger partial charge on any atom is 0.267 e.